The highest BCUT2D eigenvalue weighted by Gasteiger charge is 2.21. The first-order chi connectivity index (χ1) is 11.7. The predicted octanol–water partition coefficient (Wildman–Crippen LogP) is 2.77. The summed E-state index contributed by atoms with van der Waals surface area (Å²) in [6, 6.07) is 9.39. The van der Waals surface area contributed by atoms with E-state index >= 15 is 0 Å². The number of nitrogen functional groups attached to an aromatic ring is 1. The maximum absolute atomic E-state index is 6.15. The van der Waals surface area contributed by atoms with E-state index < -0.39 is 0 Å². The Labute approximate surface area is 138 Å². The van der Waals surface area contributed by atoms with Gasteiger partial charge in [-0.1, -0.05) is 5.21 Å². The molecular formula is C17H16N4O3. The van der Waals surface area contributed by atoms with Gasteiger partial charge in [0.15, 0.2) is 11.5 Å². The lowest BCUT2D eigenvalue weighted by molar-refractivity contribution is 0.173. The summed E-state index contributed by atoms with van der Waals surface area (Å²) in [6.07, 6.45) is 0. The molecule has 1 aliphatic heterocycles. The van der Waals surface area contributed by atoms with Crippen molar-refractivity contribution in [3.8, 4) is 39.8 Å². The molecule has 122 valence electrons. The second kappa shape index (κ2) is 5.45. The molecular weight excluding hydrogens is 308 g/mol. The molecule has 0 amide bonds. The first kappa shape index (κ1) is 14.4. The molecule has 0 saturated heterocycles. The molecule has 0 aliphatic carbocycles. The highest BCUT2D eigenvalue weighted by Crippen LogP contribution is 2.41. The summed E-state index contributed by atoms with van der Waals surface area (Å²) in [7, 11) is 1.60. The number of ether oxygens (including phenoxy) is 3. The Hall–Kier alpha value is -3.22. The average molecular weight is 324 g/mol. The number of nitrogens with zero attached hydrogens (tertiary/aromatic N) is 2. The van der Waals surface area contributed by atoms with E-state index in [1.807, 2.05) is 31.2 Å². The zero-order valence-corrected chi connectivity index (χ0v) is 13.3. The van der Waals surface area contributed by atoms with Crippen LogP contribution in [0.15, 0.2) is 30.3 Å². The van der Waals surface area contributed by atoms with Crippen LogP contribution in [0.1, 0.15) is 5.56 Å². The molecule has 2 heterocycles. The van der Waals surface area contributed by atoms with E-state index in [1.54, 1.807) is 13.2 Å². The molecule has 0 spiro atoms. The number of methoxy groups -OCH3 is 1. The molecule has 3 N–H and O–H groups in total. The fourth-order valence-corrected chi connectivity index (χ4v) is 2.84. The Morgan fingerprint density at radius 2 is 2.08 bits per heavy atom. The molecule has 4 rings (SSSR count). The summed E-state index contributed by atoms with van der Waals surface area (Å²) in [6.45, 7) is 2.20. The predicted molar refractivity (Wildman–Crippen MR) is 89.1 cm³/mol. The van der Waals surface area contributed by atoms with Gasteiger partial charge in [0.2, 0.25) is 6.79 Å². The van der Waals surface area contributed by atoms with Crippen LogP contribution in [-0.2, 0) is 0 Å². The van der Waals surface area contributed by atoms with Crippen LogP contribution in [0.3, 0.4) is 0 Å². The normalized spacial score (nSPS) is 12.4. The number of rotatable bonds is 3. The molecule has 2 aromatic carbocycles. The molecule has 0 atom stereocenters. The molecule has 1 aromatic heterocycles. The number of aromatic nitrogens is 3. The van der Waals surface area contributed by atoms with Crippen LogP contribution in [0.5, 0.6) is 17.2 Å². The Kier molecular flexibility index (Phi) is 3.26. The van der Waals surface area contributed by atoms with Crippen molar-refractivity contribution in [2.45, 2.75) is 6.92 Å². The number of hydrogen-bond donors (Lipinski definition) is 2. The van der Waals surface area contributed by atoms with Gasteiger partial charge in [-0.25, -0.2) is 0 Å². The van der Waals surface area contributed by atoms with Crippen LogP contribution >= 0.6 is 0 Å². The third-order valence-corrected chi connectivity index (χ3v) is 4.01. The molecule has 3 aromatic rings. The van der Waals surface area contributed by atoms with E-state index in [1.165, 1.54) is 0 Å². The van der Waals surface area contributed by atoms with Crippen molar-refractivity contribution in [3.63, 3.8) is 0 Å². The largest absolute Gasteiger partial charge is 0.497 e. The number of nitrogens with two attached hydrogens (primary N) is 1. The minimum Gasteiger partial charge on any atom is -0.497 e. The highest BCUT2D eigenvalue weighted by molar-refractivity contribution is 5.85. The van der Waals surface area contributed by atoms with Crippen molar-refractivity contribution in [1.29, 1.82) is 0 Å². The topological polar surface area (TPSA) is 95.3 Å². The molecule has 0 fully saturated rings. The van der Waals surface area contributed by atoms with E-state index in [0.717, 1.165) is 28.1 Å². The Balaban J connectivity index is 1.83. The van der Waals surface area contributed by atoms with Crippen molar-refractivity contribution < 1.29 is 14.2 Å². The lowest BCUT2D eigenvalue weighted by Crippen LogP contribution is -1.94. The van der Waals surface area contributed by atoms with Crippen LogP contribution < -0.4 is 19.9 Å². The minimum atomic E-state index is 0.233. The molecule has 0 saturated carbocycles. The molecule has 0 bridgehead atoms. The number of benzene rings is 2. The molecule has 24 heavy (non-hydrogen) atoms. The van der Waals surface area contributed by atoms with Crippen LogP contribution in [-0.4, -0.2) is 29.3 Å². The van der Waals surface area contributed by atoms with E-state index in [-0.39, 0.29) is 6.79 Å². The Morgan fingerprint density at radius 3 is 2.88 bits per heavy atom. The zero-order chi connectivity index (χ0) is 16.7. The molecule has 7 nitrogen and oxygen atoms in total. The van der Waals surface area contributed by atoms with E-state index in [2.05, 4.69) is 15.4 Å². The number of anilines is 1. The van der Waals surface area contributed by atoms with Gasteiger partial charge in [0, 0.05) is 22.9 Å². The third kappa shape index (κ3) is 2.21. The fraction of sp³-hybridized carbons (Fsp3) is 0.176. The van der Waals surface area contributed by atoms with Gasteiger partial charge in [-0.2, -0.15) is 0 Å². The van der Waals surface area contributed by atoms with Gasteiger partial charge < -0.3 is 19.9 Å². The number of H-pyrrole nitrogens is 1. The van der Waals surface area contributed by atoms with Gasteiger partial charge in [0.1, 0.15) is 11.4 Å². The number of fused-ring (bicyclic) bond motifs is 1. The summed E-state index contributed by atoms with van der Waals surface area (Å²) in [4.78, 5) is 0. The number of aryl methyl sites for hydroxylation is 1. The standard InChI is InChI=1S/C17H16N4O3/c1-9-5-10(6-14-17(9)24-8-23-14)15-16(20-21-19-15)12-4-3-11(22-2)7-13(12)18/h3-7H,8,18H2,1-2H3,(H,19,20,21). The first-order valence-electron chi connectivity index (χ1n) is 7.43. The van der Waals surface area contributed by atoms with E-state index in [0.29, 0.717) is 22.9 Å². The molecule has 1 aliphatic rings. The van der Waals surface area contributed by atoms with Crippen molar-refractivity contribution in [2.75, 3.05) is 19.6 Å². The summed E-state index contributed by atoms with van der Waals surface area (Å²) < 4.78 is 16.2. The van der Waals surface area contributed by atoms with E-state index in [9.17, 15) is 0 Å². The van der Waals surface area contributed by atoms with Gasteiger partial charge in [0.05, 0.1) is 12.8 Å². The Morgan fingerprint density at radius 1 is 1.21 bits per heavy atom. The highest BCUT2D eigenvalue weighted by atomic mass is 16.7. The zero-order valence-electron chi connectivity index (χ0n) is 13.3. The molecule has 7 heteroatoms. The lowest BCUT2D eigenvalue weighted by Gasteiger charge is -2.09. The number of nitrogens with one attached hydrogen (secondary N) is 1. The van der Waals surface area contributed by atoms with Crippen LogP contribution in [0, 0.1) is 6.92 Å². The third-order valence-electron chi connectivity index (χ3n) is 4.01. The quantitative estimate of drug-likeness (QED) is 0.719. The van der Waals surface area contributed by atoms with Crippen LogP contribution in [0.4, 0.5) is 5.69 Å². The number of hydrogen-bond acceptors (Lipinski definition) is 6. The summed E-state index contributed by atoms with van der Waals surface area (Å²) in [5.41, 5.74) is 10.9. The van der Waals surface area contributed by atoms with Crippen molar-refractivity contribution in [3.05, 3.63) is 35.9 Å². The van der Waals surface area contributed by atoms with Gasteiger partial charge in [-0.15, -0.1) is 5.10 Å². The maximum atomic E-state index is 6.15. The molecule has 0 unspecified atom stereocenters. The SMILES string of the molecule is COc1ccc(-c2[nH]nnc2-c2cc(C)c3c(c2)OCO3)c(N)c1. The second-order valence-electron chi connectivity index (χ2n) is 5.52. The van der Waals surface area contributed by atoms with Crippen molar-refractivity contribution in [2.24, 2.45) is 0 Å². The monoisotopic (exact) mass is 324 g/mol. The van der Waals surface area contributed by atoms with Gasteiger partial charge in [-0.3, -0.25) is 5.10 Å². The summed E-state index contributed by atoms with van der Waals surface area (Å²) in [5, 5.41) is 11.1. The fourth-order valence-electron chi connectivity index (χ4n) is 2.84. The smallest absolute Gasteiger partial charge is 0.231 e. The first-order valence-corrected chi connectivity index (χ1v) is 7.43. The van der Waals surface area contributed by atoms with Gasteiger partial charge in [0.25, 0.3) is 0 Å². The van der Waals surface area contributed by atoms with Crippen LogP contribution in [0.2, 0.25) is 0 Å². The summed E-state index contributed by atoms with van der Waals surface area (Å²) in [5.74, 6) is 2.18. The second-order valence-corrected chi connectivity index (χ2v) is 5.52. The van der Waals surface area contributed by atoms with Gasteiger partial charge >= 0.3 is 0 Å². The van der Waals surface area contributed by atoms with Crippen molar-refractivity contribution in [1.82, 2.24) is 15.4 Å². The summed E-state index contributed by atoms with van der Waals surface area (Å²) >= 11 is 0. The minimum absolute atomic E-state index is 0.233. The van der Waals surface area contributed by atoms with E-state index in [4.69, 9.17) is 19.9 Å². The average Bonchev–Trinajstić information content (AvgIpc) is 3.23. The maximum Gasteiger partial charge on any atom is 0.231 e. The van der Waals surface area contributed by atoms with Crippen LogP contribution in [0.25, 0.3) is 22.5 Å². The number of aromatic amines is 1. The molecule has 0 radical (unpaired) electrons. The van der Waals surface area contributed by atoms with Gasteiger partial charge in [-0.05, 0) is 36.8 Å². The van der Waals surface area contributed by atoms with Crippen molar-refractivity contribution >= 4 is 5.69 Å². The lowest BCUT2D eigenvalue weighted by atomic mass is 10.0. The Bertz CT molecular complexity index is 920.